The second-order valence-corrected chi connectivity index (χ2v) is 12.2. The molecule has 8 nitrogen and oxygen atoms in total. The maximum atomic E-state index is 12.2. The minimum Gasteiger partial charge on any atom is -0.395 e. The molecule has 4 aromatic rings. The van der Waals surface area contributed by atoms with Crippen LogP contribution in [0.2, 0.25) is 0 Å². The van der Waals surface area contributed by atoms with Crippen molar-refractivity contribution in [3.05, 3.63) is 39.7 Å². The first-order chi connectivity index (χ1) is 17.8. The van der Waals surface area contributed by atoms with E-state index in [1.165, 1.54) is 49.5 Å². The molecule has 1 saturated carbocycles. The van der Waals surface area contributed by atoms with Gasteiger partial charge in [-0.1, -0.05) is 13.8 Å². The number of thiophene rings is 1. The van der Waals surface area contributed by atoms with Crippen molar-refractivity contribution in [1.82, 2.24) is 29.8 Å². The van der Waals surface area contributed by atoms with Gasteiger partial charge in [0.1, 0.15) is 11.2 Å². The molecule has 5 heterocycles. The number of pyridine rings is 1. The molecule has 9 heteroatoms. The van der Waals surface area contributed by atoms with Crippen LogP contribution < -0.4 is 5.32 Å². The van der Waals surface area contributed by atoms with Gasteiger partial charge >= 0.3 is 0 Å². The van der Waals surface area contributed by atoms with Gasteiger partial charge in [-0.05, 0) is 73.6 Å². The van der Waals surface area contributed by atoms with Crippen LogP contribution in [0.25, 0.3) is 27.1 Å². The molecule has 1 unspecified atom stereocenters. The van der Waals surface area contributed by atoms with Crippen molar-refractivity contribution in [1.29, 1.82) is 0 Å². The van der Waals surface area contributed by atoms with Crippen molar-refractivity contribution >= 4 is 33.1 Å². The number of rotatable bonds is 7. The zero-order chi connectivity index (χ0) is 26.0. The third-order valence-electron chi connectivity index (χ3n) is 8.71. The molecular weight excluding hydrogens is 484 g/mol. The number of aliphatic hydroxyl groups is 1. The molecule has 2 aliphatic rings. The van der Waals surface area contributed by atoms with Gasteiger partial charge in [0.25, 0.3) is 0 Å². The highest BCUT2D eigenvalue weighted by atomic mass is 32.1. The second kappa shape index (κ2) is 9.22. The van der Waals surface area contributed by atoms with Gasteiger partial charge < -0.3 is 15.4 Å². The summed E-state index contributed by atoms with van der Waals surface area (Å²) in [5, 5.41) is 17.6. The smallest absolute Gasteiger partial charge is 0.234 e. The van der Waals surface area contributed by atoms with E-state index in [0.29, 0.717) is 36.9 Å². The second-order valence-electron chi connectivity index (χ2n) is 11.2. The van der Waals surface area contributed by atoms with Gasteiger partial charge in [0.2, 0.25) is 5.91 Å². The monoisotopic (exact) mass is 520 g/mol. The number of likely N-dealkylation sites (tertiary alicyclic amines) is 1. The Labute approximate surface area is 221 Å². The first-order valence-electron chi connectivity index (χ1n) is 13.3. The topological polar surface area (TPSA) is 98.5 Å². The summed E-state index contributed by atoms with van der Waals surface area (Å²) in [5.41, 5.74) is 8.53. The number of aromatic amines is 1. The summed E-state index contributed by atoms with van der Waals surface area (Å²) >= 11 is 1.93. The minimum atomic E-state index is -0.0149. The van der Waals surface area contributed by atoms with Crippen molar-refractivity contribution in [2.75, 3.05) is 26.2 Å². The van der Waals surface area contributed by atoms with Crippen LogP contribution in [0.15, 0.2) is 12.5 Å². The van der Waals surface area contributed by atoms with E-state index in [1.807, 2.05) is 15.9 Å². The first-order valence-corrected chi connectivity index (χ1v) is 14.2. The summed E-state index contributed by atoms with van der Waals surface area (Å²) in [6.45, 7) is 12.9. The molecule has 0 spiro atoms. The fourth-order valence-corrected chi connectivity index (χ4v) is 8.28. The molecule has 1 amide bonds. The number of amides is 1. The molecule has 3 N–H and O–H groups in total. The Hall–Kier alpha value is -2.75. The Kier molecular flexibility index (Phi) is 6.12. The van der Waals surface area contributed by atoms with Crippen LogP contribution in [-0.4, -0.2) is 67.8 Å². The molecule has 1 saturated heterocycles. The SMILES string of the molecule is Cc1c(-c2[nH]c3sc([C@@H]4CC5C[C@H]4CN5CC(=O)NCCO)c(C)c3c2C(C)C)cn2ncnc2c1C. The van der Waals surface area contributed by atoms with Gasteiger partial charge in [-0.15, -0.1) is 11.3 Å². The van der Waals surface area contributed by atoms with Gasteiger partial charge in [-0.3, -0.25) is 9.69 Å². The summed E-state index contributed by atoms with van der Waals surface area (Å²) in [6.07, 6.45) is 6.02. The van der Waals surface area contributed by atoms with E-state index < -0.39 is 0 Å². The lowest BCUT2D eigenvalue weighted by Gasteiger charge is -2.31. The van der Waals surface area contributed by atoms with Crippen LogP contribution in [0.1, 0.15) is 65.7 Å². The predicted molar refractivity (Wildman–Crippen MR) is 147 cm³/mol. The molecule has 1 aliphatic carbocycles. The zero-order valence-electron chi connectivity index (χ0n) is 22.3. The number of piperidine rings is 1. The first kappa shape index (κ1) is 24.6. The van der Waals surface area contributed by atoms with Crippen LogP contribution >= 0.6 is 11.3 Å². The van der Waals surface area contributed by atoms with Gasteiger partial charge in [-0.25, -0.2) is 9.50 Å². The van der Waals surface area contributed by atoms with E-state index in [-0.39, 0.29) is 12.5 Å². The molecule has 196 valence electrons. The molecule has 0 aromatic carbocycles. The lowest BCUT2D eigenvalue weighted by Crippen LogP contribution is -2.42. The maximum absolute atomic E-state index is 12.2. The maximum Gasteiger partial charge on any atom is 0.234 e. The summed E-state index contributed by atoms with van der Waals surface area (Å²) in [4.78, 5) is 25.6. The number of nitrogens with zero attached hydrogens (tertiary/aromatic N) is 4. The Balaban J connectivity index is 1.33. The van der Waals surface area contributed by atoms with E-state index in [0.717, 1.165) is 24.2 Å². The average molecular weight is 521 g/mol. The quantitative estimate of drug-likeness (QED) is 0.338. The Bertz CT molecular complexity index is 1500. The highest BCUT2D eigenvalue weighted by Gasteiger charge is 2.46. The van der Waals surface area contributed by atoms with Gasteiger partial charge in [0.05, 0.1) is 18.8 Å². The fourth-order valence-electron chi connectivity index (χ4n) is 6.84. The summed E-state index contributed by atoms with van der Waals surface area (Å²) in [5.74, 6) is 1.55. The van der Waals surface area contributed by atoms with Gasteiger partial charge in [-0.2, -0.15) is 5.10 Å². The third-order valence-corrected chi connectivity index (χ3v) is 10.0. The molecule has 1 aliphatic heterocycles. The van der Waals surface area contributed by atoms with Crippen LogP contribution in [0, 0.1) is 26.7 Å². The molecular formula is C28H36N6O2S. The molecule has 2 bridgehead atoms. The van der Waals surface area contributed by atoms with E-state index in [1.54, 1.807) is 6.33 Å². The predicted octanol–water partition coefficient (Wildman–Crippen LogP) is 4.27. The van der Waals surface area contributed by atoms with Crippen molar-refractivity contribution in [2.45, 2.75) is 65.3 Å². The highest BCUT2D eigenvalue weighted by Crippen LogP contribution is 2.53. The number of aryl methyl sites for hydroxylation is 2. The van der Waals surface area contributed by atoms with E-state index in [4.69, 9.17) is 5.11 Å². The standard InChI is InChI=1S/C28H36N6O2S/c1-14(2)23-24-17(5)26(20-9-19-8-18(20)10-33(19)12-22(36)29-6-7-35)37-28(24)32-25(23)21-11-34-27(30-13-31-34)16(4)15(21)3/h11,13-14,18-20,32,35H,6-10,12H2,1-5H3,(H,29,36)/t18-,19?,20+/m0/s1. The van der Waals surface area contributed by atoms with Gasteiger partial charge in [0, 0.05) is 41.2 Å². The normalized spacial score (nSPS) is 21.8. The molecule has 37 heavy (non-hydrogen) atoms. The third kappa shape index (κ3) is 3.90. The van der Waals surface area contributed by atoms with Crippen LogP contribution in [-0.2, 0) is 4.79 Å². The van der Waals surface area contributed by atoms with Crippen molar-refractivity contribution in [3.8, 4) is 11.3 Å². The number of H-pyrrole nitrogens is 1. The van der Waals surface area contributed by atoms with Crippen molar-refractivity contribution in [2.24, 2.45) is 5.92 Å². The summed E-state index contributed by atoms with van der Waals surface area (Å²) in [7, 11) is 0. The average Bonchev–Trinajstić information content (AvgIpc) is 3.67. The minimum absolute atomic E-state index is 0.0149. The number of hydrogen-bond acceptors (Lipinski definition) is 6. The summed E-state index contributed by atoms with van der Waals surface area (Å²) < 4.78 is 1.89. The lowest BCUT2D eigenvalue weighted by molar-refractivity contribution is -0.122. The van der Waals surface area contributed by atoms with Crippen molar-refractivity contribution in [3.63, 3.8) is 0 Å². The molecule has 6 rings (SSSR count). The number of hydrogen-bond donors (Lipinski definition) is 3. The van der Waals surface area contributed by atoms with E-state index in [9.17, 15) is 4.79 Å². The van der Waals surface area contributed by atoms with Crippen LogP contribution in [0.5, 0.6) is 0 Å². The number of carbonyl (C=O) groups excluding carboxylic acids is 1. The lowest BCUT2D eigenvalue weighted by atomic mass is 9.88. The Morgan fingerprint density at radius 1 is 1.24 bits per heavy atom. The number of carbonyl (C=O) groups is 1. The molecule has 0 radical (unpaired) electrons. The fraction of sp³-hybridized carbons (Fsp3) is 0.536. The Morgan fingerprint density at radius 3 is 2.76 bits per heavy atom. The highest BCUT2D eigenvalue weighted by molar-refractivity contribution is 7.19. The number of aromatic nitrogens is 4. The summed E-state index contributed by atoms with van der Waals surface area (Å²) in [6, 6.07) is 0.467. The van der Waals surface area contributed by atoms with Crippen molar-refractivity contribution < 1.29 is 9.90 Å². The zero-order valence-corrected chi connectivity index (χ0v) is 23.1. The van der Waals surface area contributed by atoms with E-state index >= 15 is 0 Å². The molecule has 4 aromatic heterocycles. The van der Waals surface area contributed by atoms with E-state index in [2.05, 4.69) is 66.1 Å². The van der Waals surface area contributed by atoms with Gasteiger partial charge in [0.15, 0.2) is 5.65 Å². The Morgan fingerprint density at radius 2 is 2.05 bits per heavy atom. The molecule has 3 atom stereocenters. The molecule has 2 fully saturated rings. The number of fused-ring (bicyclic) bond motifs is 4. The largest absolute Gasteiger partial charge is 0.395 e. The number of aliphatic hydroxyl groups excluding tert-OH is 1. The van der Waals surface area contributed by atoms with Crippen LogP contribution in [0.4, 0.5) is 0 Å². The number of nitrogens with one attached hydrogen (secondary N) is 2. The van der Waals surface area contributed by atoms with Crippen LogP contribution in [0.3, 0.4) is 0 Å².